The molecule has 1 saturated heterocycles. The van der Waals surface area contributed by atoms with E-state index < -0.39 is 0 Å². The van der Waals surface area contributed by atoms with Crippen LogP contribution in [0.25, 0.3) is 11.1 Å². The number of hydrogen-bond acceptors (Lipinski definition) is 8. The van der Waals surface area contributed by atoms with Crippen molar-refractivity contribution in [3.63, 3.8) is 0 Å². The van der Waals surface area contributed by atoms with E-state index in [9.17, 15) is 4.79 Å². The Hall–Kier alpha value is -3.36. The van der Waals surface area contributed by atoms with Gasteiger partial charge in [-0.15, -0.1) is 0 Å². The highest BCUT2D eigenvalue weighted by atomic mass is 16.5. The van der Waals surface area contributed by atoms with Crippen LogP contribution in [0, 0.1) is 12.8 Å². The number of rotatable bonds is 8. The number of aryl methyl sites for hydroxylation is 2. The average Bonchev–Trinajstić information content (AvgIpc) is 3.21. The lowest BCUT2D eigenvalue weighted by molar-refractivity contribution is -0.121. The van der Waals surface area contributed by atoms with Gasteiger partial charge in [-0.2, -0.15) is 4.98 Å². The molecule has 0 aliphatic carbocycles. The molecular weight excluding hydrogens is 422 g/mol. The number of piperidine rings is 1. The molecule has 33 heavy (non-hydrogen) atoms. The van der Waals surface area contributed by atoms with Crippen LogP contribution in [0.5, 0.6) is 11.5 Å². The number of anilines is 1. The lowest BCUT2D eigenvalue weighted by Gasteiger charge is -2.31. The van der Waals surface area contributed by atoms with Gasteiger partial charge in [0.15, 0.2) is 0 Å². The zero-order chi connectivity index (χ0) is 23.4. The van der Waals surface area contributed by atoms with Crippen molar-refractivity contribution in [2.45, 2.75) is 46.1 Å². The number of aromatic nitrogens is 3. The molecule has 0 saturated carbocycles. The molecule has 1 aliphatic heterocycles. The van der Waals surface area contributed by atoms with Gasteiger partial charge in [0.1, 0.15) is 28.5 Å². The van der Waals surface area contributed by atoms with E-state index in [2.05, 4.69) is 27.3 Å². The number of carbonyl (C=O) groups excluding carboxylic acids is 1. The zero-order valence-corrected chi connectivity index (χ0v) is 19.7. The molecule has 1 aromatic carbocycles. The Labute approximate surface area is 193 Å². The van der Waals surface area contributed by atoms with Gasteiger partial charge in [0.2, 0.25) is 5.91 Å². The molecule has 176 valence electrons. The SMILES string of the molecule is COc1ccc(CNC(=O)CCc2nc(N3CCC(C)CC3)c3c(C)noc3n2)c(OC)c1. The zero-order valence-electron chi connectivity index (χ0n) is 19.7. The number of hydrogen-bond donors (Lipinski definition) is 1. The Morgan fingerprint density at radius 2 is 2.00 bits per heavy atom. The molecule has 9 heteroatoms. The minimum Gasteiger partial charge on any atom is -0.497 e. The smallest absolute Gasteiger partial charge is 0.263 e. The summed E-state index contributed by atoms with van der Waals surface area (Å²) in [4.78, 5) is 24.2. The molecule has 1 amide bonds. The highest BCUT2D eigenvalue weighted by Crippen LogP contribution is 2.30. The van der Waals surface area contributed by atoms with Crippen LogP contribution in [0.2, 0.25) is 0 Å². The number of carbonyl (C=O) groups is 1. The minimum absolute atomic E-state index is 0.0846. The molecule has 0 unspecified atom stereocenters. The molecule has 0 bridgehead atoms. The Morgan fingerprint density at radius 3 is 2.73 bits per heavy atom. The van der Waals surface area contributed by atoms with Crippen molar-refractivity contribution in [2.75, 3.05) is 32.2 Å². The fourth-order valence-electron chi connectivity index (χ4n) is 4.08. The molecule has 1 fully saturated rings. The summed E-state index contributed by atoms with van der Waals surface area (Å²) >= 11 is 0. The monoisotopic (exact) mass is 453 g/mol. The number of amides is 1. The van der Waals surface area contributed by atoms with Gasteiger partial charge in [-0.25, -0.2) is 4.98 Å². The van der Waals surface area contributed by atoms with E-state index in [0.717, 1.165) is 54.3 Å². The van der Waals surface area contributed by atoms with Gasteiger partial charge in [0.25, 0.3) is 5.71 Å². The number of benzene rings is 1. The number of ether oxygens (including phenoxy) is 2. The van der Waals surface area contributed by atoms with Crippen LogP contribution in [0.4, 0.5) is 5.82 Å². The van der Waals surface area contributed by atoms with E-state index in [1.54, 1.807) is 20.3 Å². The largest absolute Gasteiger partial charge is 0.497 e. The van der Waals surface area contributed by atoms with E-state index >= 15 is 0 Å². The van der Waals surface area contributed by atoms with Crippen molar-refractivity contribution in [1.29, 1.82) is 0 Å². The second-order valence-electron chi connectivity index (χ2n) is 8.54. The summed E-state index contributed by atoms with van der Waals surface area (Å²) in [7, 11) is 3.20. The fraction of sp³-hybridized carbons (Fsp3) is 0.500. The Morgan fingerprint density at radius 1 is 1.21 bits per heavy atom. The van der Waals surface area contributed by atoms with Gasteiger partial charge in [-0.1, -0.05) is 12.1 Å². The Bertz CT molecular complexity index is 1120. The summed E-state index contributed by atoms with van der Waals surface area (Å²) in [5.74, 6) is 3.46. The third kappa shape index (κ3) is 5.18. The number of methoxy groups -OCH3 is 2. The van der Waals surface area contributed by atoms with E-state index in [-0.39, 0.29) is 12.3 Å². The summed E-state index contributed by atoms with van der Waals surface area (Å²) in [5.41, 5.74) is 2.15. The molecule has 1 N–H and O–H groups in total. The minimum atomic E-state index is -0.0846. The molecule has 3 heterocycles. The van der Waals surface area contributed by atoms with Crippen LogP contribution in [0.3, 0.4) is 0 Å². The van der Waals surface area contributed by atoms with Crippen LogP contribution in [-0.2, 0) is 17.8 Å². The highest BCUT2D eigenvalue weighted by Gasteiger charge is 2.23. The first-order chi connectivity index (χ1) is 16.0. The molecule has 3 aromatic rings. The predicted molar refractivity (Wildman–Crippen MR) is 125 cm³/mol. The molecule has 9 nitrogen and oxygen atoms in total. The summed E-state index contributed by atoms with van der Waals surface area (Å²) in [6.07, 6.45) is 2.94. The van der Waals surface area contributed by atoms with E-state index in [4.69, 9.17) is 19.0 Å². The third-order valence-corrected chi connectivity index (χ3v) is 6.16. The van der Waals surface area contributed by atoms with Crippen LogP contribution in [0.1, 0.15) is 43.3 Å². The maximum Gasteiger partial charge on any atom is 0.263 e. The predicted octanol–water partition coefficient (Wildman–Crippen LogP) is 3.43. The summed E-state index contributed by atoms with van der Waals surface area (Å²) in [6.45, 7) is 6.45. The quantitative estimate of drug-likeness (QED) is 0.553. The topological polar surface area (TPSA) is 103 Å². The third-order valence-electron chi connectivity index (χ3n) is 6.16. The van der Waals surface area contributed by atoms with Crippen LogP contribution in [0.15, 0.2) is 22.7 Å². The molecular formula is C24H31N5O4. The highest BCUT2D eigenvalue weighted by molar-refractivity contribution is 5.88. The van der Waals surface area contributed by atoms with E-state index in [0.29, 0.717) is 36.0 Å². The normalized spacial score (nSPS) is 14.5. The van der Waals surface area contributed by atoms with Crippen LogP contribution >= 0.6 is 0 Å². The molecule has 4 rings (SSSR count). The van der Waals surface area contributed by atoms with E-state index in [1.807, 2.05) is 19.1 Å². The molecule has 2 aromatic heterocycles. The molecule has 1 aliphatic rings. The van der Waals surface area contributed by atoms with Gasteiger partial charge >= 0.3 is 0 Å². The first-order valence-electron chi connectivity index (χ1n) is 11.3. The first-order valence-corrected chi connectivity index (χ1v) is 11.3. The van der Waals surface area contributed by atoms with Crippen molar-refractivity contribution < 1.29 is 18.8 Å². The summed E-state index contributed by atoms with van der Waals surface area (Å²) in [6, 6.07) is 5.52. The summed E-state index contributed by atoms with van der Waals surface area (Å²) in [5, 5.41) is 7.90. The van der Waals surface area contributed by atoms with Crippen molar-refractivity contribution >= 4 is 22.8 Å². The van der Waals surface area contributed by atoms with Crippen molar-refractivity contribution in [2.24, 2.45) is 5.92 Å². The molecule has 0 atom stereocenters. The number of fused-ring (bicyclic) bond motifs is 1. The van der Waals surface area contributed by atoms with Crippen molar-refractivity contribution in [1.82, 2.24) is 20.4 Å². The van der Waals surface area contributed by atoms with Crippen molar-refractivity contribution in [3.8, 4) is 11.5 Å². The summed E-state index contributed by atoms with van der Waals surface area (Å²) < 4.78 is 16.1. The van der Waals surface area contributed by atoms with Gasteiger partial charge in [-0.3, -0.25) is 4.79 Å². The van der Waals surface area contributed by atoms with Gasteiger partial charge in [0.05, 0.1) is 19.9 Å². The van der Waals surface area contributed by atoms with Gasteiger partial charge in [0, 0.05) is 44.1 Å². The Kier molecular flexibility index (Phi) is 6.96. The Balaban J connectivity index is 1.42. The average molecular weight is 454 g/mol. The van der Waals surface area contributed by atoms with Gasteiger partial charge < -0.3 is 24.2 Å². The lowest BCUT2D eigenvalue weighted by atomic mass is 9.99. The molecule has 0 spiro atoms. The van der Waals surface area contributed by atoms with E-state index in [1.165, 1.54) is 0 Å². The lowest BCUT2D eigenvalue weighted by Crippen LogP contribution is -2.34. The maximum atomic E-state index is 12.5. The first kappa shape index (κ1) is 22.8. The molecule has 0 radical (unpaired) electrons. The van der Waals surface area contributed by atoms with Crippen LogP contribution in [-0.4, -0.2) is 48.3 Å². The number of nitrogens with zero attached hydrogens (tertiary/aromatic N) is 4. The second-order valence-corrected chi connectivity index (χ2v) is 8.54. The fourth-order valence-corrected chi connectivity index (χ4v) is 4.08. The van der Waals surface area contributed by atoms with Gasteiger partial charge in [-0.05, 0) is 37.8 Å². The van der Waals surface area contributed by atoms with Crippen LogP contribution < -0.4 is 19.7 Å². The van der Waals surface area contributed by atoms with Crippen molar-refractivity contribution in [3.05, 3.63) is 35.3 Å². The second kappa shape index (κ2) is 10.1. The maximum absolute atomic E-state index is 12.5. The standard InChI is InChI=1S/C24H31N5O4/c1-15-9-11-29(12-10-15)23-22-16(2)28-33-24(22)27-20(26-23)7-8-21(30)25-14-17-5-6-18(31-3)13-19(17)32-4/h5-6,13,15H,7-12,14H2,1-4H3,(H,25,30). The number of nitrogens with one attached hydrogen (secondary N) is 1.